The van der Waals surface area contributed by atoms with E-state index in [0.717, 1.165) is 5.56 Å². The predicted octanol–water partition coefficient (Wildman–Crippen LogP) is -0.00698. The van der Waals surface area contributed by atoms with E-state index in [4.69, 9.17) is 5.84 Å². The van der Waals surface area contributed by atoms with Crippen molar-refractivity contribution in [1.82, 2.24) is 10.4 Å². The SMILES string of the molecule is Cc1ccc(NC(=O)c2[nH]c[nH+]c2C(=O)NN)cc1. The number of anilines is 1. The molecule has 2 rings (SSSR count). The van der Waals surface area contributed by atoms with Crippen LogP contribution in [0.2, 0.25) is 0 Å². The molecule has 7 nitrogen and oxygen atoms in total. The van der Waals surface area contributed by atoms with E-state index in [2.05, 4.69) is 15.3 Å². The number of aromatic amines is 2. The summed E-state index contributed by atoms with van der Waals surface area (Å²) in [4.78, 5) is 28.7. The van der Waals surface area contributed by atoms with E-state index in [-0.39, 0.29) is 11.4 Å². The molecular weight excluding hydrogens is 246 g/mol. The third kappa shape index (κ3) is 2.78. The highest BCUT2D eigenvalue weighted by molar-refractivity contribution is 6.09. The molecule has 0 fully saturated rings. The first-order valence-corrected chi connectivity index (χ1v) is 5.60. The number of hydrazine groups is 1. The highest BCUT2D eigenvalue weighted by Crippen LogP contribution is 2.10. The summed E-state index contributed by atoms with van der Waals surface area (Å²) in [5.41, 5.74) is 3.89. The first-order chi connectivity index (χ1) is 9.11. The van der Waals surface area contributed by atoms with Gasteiger partial charge in [0.1, 0.15) is 0 Å². The molecule has 98 valence electrons. The molecule has 0 spiro atoms. The van der Waals surface area contributed by atoms with Crippen LogP contribution < -0.4 is 21.6 Å². The van der Waals surface area contributed by atoms with Crippen molar-refractivity contribution in [2.45, 2.75) is 6.92 Å². The van der Waals surface area contributed by atoms with Crippen LogP contribution in [0, 0.1) is 6.92 Å². The van der Waals surface area contributed by atoms with Crippen LogP contribution in [0.1, 0.15) is 26.5 Å². The lowest BCUT2D eigenvalue weighted by Crippen LogP contribution is -2.35. The second-order valence-electron chi connectivity index (χ2n) is 3.98. The van der Waals surface area contributed by atoms with Crippen molar-refractivity contribution in [3.05, 3.63) is 47.5 Å². The van der Waals surface area contributed by atoms with Gasteiger partial charge in [0.15, 0.2) is 0 Å². The summed E-state index contributed by atoms with van der Waals surface area (Å²) in [6.45, 7) is 1.95. The number of imidazole rings is 1. The van der Waals surface area contributed by atoms with Crippen molar-refractivity contribution in [1.29, 1.82) is 0 Å². The van der Waals surface area contributed by atoms with Gasteiger partial charge in [0.05, 0.1) is 0 Å². The molecule has 0 bridgehead atoms. The Morgan fingerprint density at radius 2 is 1.89 bits per heavy atom. The summed E-state index contributed by atoms with van der Waals surface area (Å²) in [6.07, 6.45) is 1.38. The number of hydrogen-bond donors (Lipinski definition) is 4. The molecule has 1 heterocycles. The number of nitrogens with two attached hydrogens (primary N) is 1. The van der Waals surface area contributed by atoms with Gasteiger partial charge >= 0.3 is 5.91 Å². The molecule has 1 aromatic heterocycles. The third-order valence-electron chi connectivity index (χ3n) is 2.58. The highest BCUT2D eigenvalue weighted by atomic mass is 16.2. The second kappa shape index (κ2) is 5.32. The Morgan fingerprint density at radius 1 is 1.21 bits per heavy atom. The molecule has 0 aliphatic rings. The molecule has 6 N–H and O–H groups in total. The normalized spacial score (nSPS) is 10.0. The Balaban J connectivity index is 2.18. The number of benzene rings is 1. The standard InChI is InChI=1S/C12H13N5O2/c1-7-2-4-8(5-3-7)16-11(18)9-10(12(19)17-13)15-6-14-9/h2-6H,13H2,1H3,(H,14,15)(H,16,18)(H,17,19)/p+1. The lowest BCUT2D eigenvalue weighted by molar-refractivity contribution is -0.379. The van der Waals surface area contributed by atoms with Crippen LogP contribution in [-0.4, -0.2) is 16.8 Å². The van der Waals surface area contributed by atoms with Crippen molar-refractivity contribution < 1.29 is 14.6 Å². The maximum absolute atomic E-state index is 12.0. The van der Waals surface area contributed by atoms with Gasteiger partial charge in [-0.15, -0.1) is 0 Å². The van der Waals surface area contributed by atoms with Crippen LogP contribution in [0.3, 0.4) is 0 Å². The quantitative estimate of drug-likeness (QED) is 0.353. The molecule has 0 saturated heterocycles. The third-order valence-corrected chi connectivity index (χ3v) is 2.58. The number of aryl methyl sites for hydroxylation is 1. The summed E-state index contributed by atoms with van der Waals surface area (Å²) in [5.74, 6) is 4.04. The van der Waals surface area contributed by atoms with Gasteiger partial charge in [-0.25, -0.2) is 15.8 Å². The molecule has 0 radical (unpaired) electrons. The minimum absolute atomic E-state index is 0.0760. The minimum Gasteiger partial charge on any atom is -0.319 e. The lowest BCUT2D eigenvalue weighted by Gasteiger charge is -2.03. The zero-order valence-electron chi connectivity index (χ0n) is 10.3. The fourth-order valence-electron chi connectivity index (χ4n) is 1.59. The summed E-state index contributed by atoms with van der Waals surface area (Å²) in [6, 6.07) is 7.32. The number of aromatic nitrogens is 2. The zero-order chi connectivity index (χ0) is 13.8. The molecule has 0 aliphatic heterocycles. The van der Waals surface area contributed by atoms with E-state index in [1.54, 1.807) is 12.1 Å². The van der Waals surface area contributed by atoms with Gasteiger partial charge in [-0.3, -0.25) is 15.0 Å². The average Bonchev–Trinajstić information content (AvgIpc) is 2.90. The Bertz CT molecular complexity index is 603. The predicted molar refractivity (Wildman–Crippen MR) is 68.1 cm³/mol. The van der Waals surface area contributed by atoms with Gasteiger partial charge in [-0.05, 0) is 19.1 Å². The number of nitrogens with one attached hydrogen (secondary N) is 4. The van der Waals surface area contributed by atoms with E-state index in [1.165, 1.54) is 6.33 Å². The second-order valence-corrected chi connectivity index (χ2v) is 3.98. The Hall–Kier alpha value is -2.67. The fraction of sp³-hybridized carbons (Fsp3) is 0.0833. The smallest absolute Gasteiger partial charge is 0.309 e. The molecular formula is C12H14N5O2+. The van der Waals surface area contributed by atoms with Gasteiger partial charge in [0, 0.05) is 5.69 Å². The number of amides is 2. The molecule has 7 heteroatoms. The van der Waals surface area contributed by atoms with Crippen molar-refractivity contribution in [2.24, 2.45) is 5.84 Å². The number of rotatable bonds is 3. The van der Waals surface area contributed by atoms with Gasteiger partial charge < -0.3 is 5.32 Å². The lowest BCUT2D eigenvalue weighted by atomic mass is 10.2. The molecule has 0 atom stereocenters. The molecule has 2 amide bonds. The van der Waals surface area contributed by atoms with Crippen LogP contribution in [0.4, 0.5) is 5.69 Å². The monoisotopic (exact) mass is 260 g/mol. The summed E-state index contributed by atoms with van der Waals surface area (Å²) in [5, 5.41) is 2.68. The average molecular weight is 260 g/mol. The Kier molecular flexibility index (Phi) is 3.58. The first-order valence-electron chi connectivity index (χ1n) is 5.60. The van der Waals surface area contributed by atoms with Crippen LogP contribution in [0.25, 0.3) is 0 Å². The Labute approximate surface area is 109 Å². The van der Waals surface area contributed by atoms with Crippen molar-refractivity contribution in [3.63, 3.8) is 0 Å². The molecule has 0 unspecified atom stereocenters. The number of hydrogen-bond acceptors (Lipinski definition) is 3. The van der Waals surface area contributed by atoms with Crippen LogP contribution in [-0.2, 0) is 0 Å². The van der Waals surface area contributed by atoms with Crippen molar-refractivity contribution >= 4 is 17.5 Å². The van der Waals surface area contributed by atoms with Crippen molar-refractivity contribution in [3.8, 4) is 0 Å². The zero-order valence-corrected chi connectivity index (χ0v) is 10.3. The number of carbonyl (C=O) groups is 2. The van der Waals surface area contributed by atoms with Gasteiger partial charge in [0.2, 0.25) is 17.7 Å². The van der Waals surface area contributed by atoms with E-state index in [1.807, 2.05) is 24.5 Å². The summed E-state index contributed by atoms with van der Waals surface area (Å²) in [7, 11) is 0. The maximum atomic E-state index is 12.0. The summed E-state index contributed by atoms with van der Waals surface area (Å²) >= 11 is 0. The number of carbonyl (C=O) groups excluding carboxylic acids is 2. The molecule has 19 heavy (non-hydrogen) atoms. The van der Waals surface area contributed by atoms with Crippen LogP contribution in [0.5, 0.6) is 0 Å². The van der Waals surface area contributed by atoms with E-state index in [0.29, 0.717) is 5.69 Å². The first kappa shape index (κ1) is 12.8. The molecule has 0 saturated carbocycles. The minimum atomic E-state index is -0.574. The van der Waals surface area contributed by atoms with Gasteiger partial charge in [0.25, 0.3) is 5.91 Å². The Morgan fingerprint density at radius 3 is 2.53 bits per heavy atom. The maximum Gasteiger partial charge on any atom is 0.309 e. The molecule has 2 aromatic rings. The topological polar surface area (TPSA) is 114 Å². The van der Waals surface area contributed by atoms with E-state index >= 15 is 0 Å². The van der Waals surface area contributed by atoms with Gasteiger partial charge in [-0.1, -0.05) is 17.7 Å². The number of nitrogen functional groups attached to an aromatic ring is 1. The van der Waals surface area contributed by atoms with Crippen LogP contribution in [0.15, 0.2) is 30.6 Å². The van der Waals surface area contributed by atoms with Gasteiger partial charge in [-0.2, -0.15) is 0 Å². The fourth-order valence-corrected chi connectivity index (χ4v) is 1.59. The van der Waals surface area contributed by atoms with Crippen molar-refractivity contribution in [2.75, 3.05) is 5.32 Å². The largest absolute Gasteiger partial charge is 0.319 e. The molecule has 1 aromatic carbocycles. The highest BCUT2D eigenvalue weighted by Gasteiger charge is 2.25. The van der Waals surface area contributed by atoms with E-state index in [9.17, 15) is 9.59 Å². The summed E-state index contributed by atoms with van der Waals surface area (Å²) < 4.78 is 0. The molecule has 0 aliphatic carbocycles. The van der Waals surface area contributed by atoms with Crippen LogP contribution >= 0.6 is 0 Å². The number of H-pyrrole nitrogens is 2. The van der Waals surface area contributed by atoms with E-state index < -0.39 is 11.8 Å².